The third-order valence-electron chi connectivity index (χ3n) is 22.6. The molecule has 4 N–H and O–H groups in total. The summed E-state index contributed by atoms with van der Waals surface area (Å²) < 4.78 is 8.69. The maximum Gasteiger partial charge on any atom is 0.137 e. The van der Waals surface area contributed by atoms with E-state index in [1.54, 1.807) is 0 Å². The van der Waals surface area contributed by atoms with Crippen molar-refractivity contribution < 1.29 is 4.42 Å². The number of rotatable bonds is 11. The van der Waals surface area contributed by atoms with Crippen LogP contribution >= 0.6 is 11.3 Å². The summed E-state index contributed by atoms with van der Waals surface area (Å²) in [5, 5.41) is 26.8. The first kappa shape index (κ1) is 70.3. The van der Waals surface area contributed by atoms with Crippen molar-refractivity contribution >= 4 is 131 Å². The van der Waals surface area contributed by atoms with Gasteiger partial charge in [-0.3, -0.25) is 0 Å². The first-order chi connectivity index (χ1) is 57.4. The van der Waals surface area contributed by atoms with Gasteiger partial charge < -0.3 is 25.7 Å². The Morgan fingerprint density at radius 1 is 0.216 bits per heavy atom. The summed E-state index contributed by atoms with van der Waals surface area (Å²) in [5.74, 6) is 0. The summed E-state index contributed by atoms with van der Waals surface area (Å²) in [4.78, 5) is 0. The van der Waals surface area contributed by atoms with E-state index in [1.807, 2.05) is 65.9 Å². The van der Waals surface area contributed by atoms with Gasteiger partial charge in [-0.05, 0) is 244 Å². The van der Waals surface area contributed by atoms with Gasteiger partial charge in [0.1, 0.15) is 11.2 Å². The molecule has 0 unspecified atom stereocenters. The molecule has 19 aromatic carbocycles. The van der Waals surface area contributed by atoms with Crippen LogP contribution in [0.4, 0.5) is 45.5 Å². The summed E-state index contributed by atoms with van der Waals surface area (Å²) in [7, 11) is 0. The molecule has 1 spiro atoms. The lowest BCUT2D eigenvalue weighted by Gasteiger charge is -2.30. The Hall–Kier alpha value is -14.8. The van der Waals surface area contributed by atoms with E-state index in [0.29, 0.717) is 0 Å². The van der Waals surface area contributed by atoms with Crippen LogP contribution in [-0.2, 0) is 5.41 Å². The molecule has 2 aliphatic rings. The van der Waals surface area contributed by atoms with Gasteiger partial charge in [0, 0.05) is 72.1 Å². The Morgan fingerprint density at radius 3 is 1.18 bits per heavy atom. The topological polar surface area (TPSA) is 61.3 Å². The normalized spacial score (nSPS) is 11.9. The fraction of sp³-hybridized carbons (Fsp3) is 0.0182. The summed E-state index contributed by atoms with van der Waals surface area (Å²) in [6.07, 6.45) is 0. The number of hydrogen-bond donors (Lipinski definition) is 4. The minimum absolute atomic E-state index is 0.319. The molecule has 23 rings (SSSR count). The van der Waals surface area contributed by atoms with E-state index in [1.165, 1.54) is 136 Å². The molecule has 0 bridgehead atoms. The van der Waals surface area contributed by atoms with Crippen LogP contribution in [0.1, 0.15) is 27.8 Å². The van der Waals surface area contributed by atoms with Gasteiger partial charge in [-0.2, -0.15) is 0 Å². The Morgan fingerprint density at radius 2 is 0.595 bits per heavy atom. The fourth-order valence-electron chi connectivity index (χ4n) is 17.4. The van der Waals surface area contributed by atoms with Crippen LogP contribution in [0.25, 0.3) is 130 Å². The second kappa shape index (κ2) is 30.7. The molecule has 0 saturated carbocycles. The smallest absolute Gasteiger partial charge is 0.137 e. The fourth-order valence-corrected chi connectivity index (χ4v) is 18.5. The maximum absolute atomic E-state index is 6.07. The molecule has 0 amide bonds. The number of nitrogens with one attached hydrogen (secondary N) is 4. The summed E-state index contributed by atoms with van der Waals surface area (Å²) in [5.41, 5.74) is 29.7. The zero-order valence-electron chi connectivity index (χ0n) is 63.8. The number of para-hydroxylation sites is 3. The highest BCUT2D eigenvalue weighted by molar-refractivity contribution is 7.26. The Kier molecular flexibility index (Phi) is 18.6. The molecule has 550 valence electrons. The predicted octanol–water partition coefficient (Wildman–Crippen LogP) is 31.1. The van der Waals surface area contributed by atoms with Crippen molar-refractivity contribution in [3.63, 3.8) is 0 Å². The molecular formula is C110H78N4OS. The average Bonchev–Trinajstić information content (AvgIpc) is 1.51. The van der Waals surface area contributed by atoms with Crippen LogP contribution in [0.3, 0.4) is 0 Å². The lowest BCUT2D eigenvalue weighted by molar-refractivity contribution is 0.669. The van der Waals surface area contributed by atoms with Crippen molar-refractivity contribution in [2.24, 2.45) is 0 Å². The molecule has 21 aromatic rings. The van der Waals surface area contributed by atoms with Gasteiger partial charge in [-0.1, -0.05) is 303 Å². The van der Waals surface area contributed by atoms with Crippen LogP contribution < -0.4 is 21.3 Å². The zero-order chi connectivity index (χ0) is 77.3. The molecule has 0 fully saturated rings. The first-order valence-corrected chi connectivity index (χ1v) is 40.4. The van der Waals surface area contributed by atoms with Crippen molar-refractivity contribution in [2.45, 2.75) is 12.3 Å². The number of benzene rings is 19. The van der Waals surface area contributed by atoms with E-state index in [9.17, 15) is 0 Å². The molecule has 0 aliphatic heterocycles. The van der Waals surface area contributed by atoms with Crippen molar-refractivity contribution in [2.75, 3.05) is 21.3 Å². The van der Waals surface area contributed by atoms with E-state index in [-0.39, 0.29) is 5.41 Å². The lowest BCUT2D eigenvalue weighted by atomic mass is 9.70. The third-order valence-corrected chi connectivity index (χ3v) is 23.8. The van der Waals surface area contributed by atoms with Gasteiger partial charge in [0.05, 0.1) is 15.8 Å². The second-order valence-electron chi connectivity index (χ2n) is 29.8. The molecule has 5 nitrogen and oxygen atoms in total. The van der Waals surface area contributed by atoms with Crippen molar-refractivity contribution in [1.82, 2.24) is 0 Å². The molecule has 2 aliphatic carbocycles. The van der Waals surface area contributed by atoms with Crippen LogP contribution in [0.2, 0.25) is 0 Å². The standard InChI is InChI=1S/C37H23NS.C30H19NO.C30H23N.C13H13N/c1-5-15-30-24(10-1)25-11-2-6-16-31(25)37(30)32-17-7-3-12-26(32)27-21-20-23(22-33(27)37)38-34-18-9-14-29-28-13-4-8-19-35(28)39-36(29)34;1-2-9-23-21(7-1)22-8-3-4-10-24(22)28-17-19(13-15-25(23)28)31-20-14-16-27-26-11-5-6-12-29(26)32-30(27)18-20;1-4-10-23(11-5-1)26-20-27(24-12-6-2-7-13-24)22-28(21-26)25-16-18-30(19-17-25)31-29-14-8-3-9-15-29;1-11-6-5-9-13(10-11)14-12-7-3-2-4-8-12/h1-22,38H;1-18,31H;1-22,31H;2-10,14H,1H3. The van der Waals surface area contributed by atoms with E-state index in [0.717, 1.165) is 67.4 Å². The average molecular weight is 1500 g/mol. The number of hydrogen-bond acceptors (Lipinski definition) is 6. The number of aryl methyl sites for hydroxylation is 1. The lowest BCUT2D eigenvalue weighted by Crippen LogP contribution is -2.25. The summed E-state index contributed by atoms with van der Waals surface area (Å²) >= 11 is 1.86. The summed E-state index contributed by atoms with van der Waals surface area (Å²) in [6.45, 7) is 2.09. The molecule has 0 atom stereocenters. The number of furan rings is 1. The first-order valence-electron chi connectivity index (χ1n) is 39.6. The number of anilines is 8. The van der Waals surface area contributed by atoms with Gasteiger partial charge in [-0.25, -0.2) is 0 Å². The predicted molar refractivity (Wildman–Crippen MR) is 495 cm³/mol. The highest BCUT2D eigenvalue weighted by atomic mass is 32.1. The quantitative estimate of drug-likeness (QED) is 0.0973. The van der Waals surface area contributed by atoms with Crippen molar-refractivity contribution in [3.8, 4) is 55.6 Å². The molecule has 0 saturated heterocycles. The Labute approximate surface area is 678 Å². The third kappa shape index (κ3) is 13.4. The Bertz CT molecular complexity index is 7060. The van der Waals surface area contributed by atoms with Gasteiger partial charge in [-0.15, -0.1) is 11.3 Å². The highest BCUT2D eigenvalue weighted by Crippen LogP contribution is 2.63. The van der Waals surface area contributed by atoms with E-state index in [4.69, 9.17) is 4.42 Å². The minimum Gasteiger partial charge on any atom is -0.456 e. The van der Waals surface area contributed by atoms with Crippen LogP contribution in [0, 0.1) is 6.92 Å². The van der Waals surface area contributed by atoms with Gasteiger partial charge in [0.15, 0.2) is 0 Å². The van der Waals surface area contributed by atoms with Gasteiger partial charge >= 0.3 is 0 Å². The zero-order valence-corrected chi connectivity index (χ0v) is 64.6. The summed E-state index contributed by atoms with van der Waals surface area (Å²) in [6, 6.07) is 153. The number of fused-ring (bicyclic) bond motifs is 22. The minimum atomic E-state index is -0.319. The monoisotopic (exact) mass is 1500 g/mol. The maximum atomic E-state index is 6.07. The van der Waals surface area contributed by atoms with Gasteiger partial charge in [0.25, 0.3) is 0 Å². The largest absolute Gasteiger partial charge is 0.456 e. The van der Waals surface area contributed by atoms with Crippen molar-refractivity contribution in [1.29, 1.82) is 0 Å². The molecule has 2 heterocycles. The molecule has 2 aromatic heterocycles. The van der Waals surface area contributed by atoms with Crippen LogP contribution in [0.15, 0.2) is 435 Å². The van der Waals surface area contributed by atoms with Crippen LogP contribution in [0.5, 0.6) is 0 Å². The highest BCUT2D eigenvalue weighted by Gasteiger charge is 2.51. The second-order valence-corrected chi connectivity index (χ2v) is 30.9. The SMILES string of the molecule is Cc1cccc(Nc2ccccc2)c1.c1ccc(Nc2ccc(-c3cc(-c4ccccc4)cc(-c4ccccc4)c3)cc2)cc1.c1ccc2c(c1)-c1ccccc1C21c2ccccc2-c2ccc(Nc3cccc4c3sc3ccccc34)cc21.c1ccc2c(c1)oc1cc(Nc3ccc4c5ccccc5c5ccccc5c4c3)ccc12. The molecule has 0 radical (unpaired) electrons. The van der Waals surface area contributed by atoms with Crippen LogP contribution in [-0.4, -0.2) is 0 Å². The van der Waals surface area contributed by atoms with Crippen molar-refractivity contribution in [3.05, 3.63) is 459 Å². The van der Waals surface area contributed by atoms with Gasteiger partial charge in [0.2, 0.25) is 0 Å². The van der Waals surface area contributed by atoms with E-state index >= 15 is 0 Å². The molecule has 116 heavy (non-hydrogen) atoms. The number of thiophene rings is 1. The molecule has 6 heteroatoms. The Balaban J connectivity index is 0.000000104. The van der Waals surface area contributed by atoms with E-state index in [2.05, 4.69) is 404 Å². The van der Waals surface area contributed by atoms with E-state index < -0.39 is 0 Å². The molecular weight excluding hydrogens is 1430 g/mol.